The molecule has 0 aliphatic rings. The van der Waals surface area contributed by atoms with E-state index >= 15 is 0 Å². The first-order valence-electron chi connectivity index (χ1n) is 10.5. The highest BCUT2D eigenvalue weighted by Gasteiger charge is 2.30. The SMILES string of the molecule is CCCNC(=O)[C@@H](C)N(Cc1cccc(C)c1)C(=O)CN(c1ccc(F)c(Cl)c1)S(C)(=O)=O. The Hall–Kier alpha value is -2.65. The Morgan fingerprint density at radius 2 is 1.88 bits per heavy atom. The van der Waals surface area contributed by atoms with Crippen LogP contribution in [0.5, 0.6) is 0 Å². The average molecular weight is 498 g/mol. The molecule has 0 aliphatic carbocycles. The highest BCUT2D eigenvalue weighted by atomic mass is 35.5. The van der Waals surface area contributed by atoms with E-state index in [2.05, 4.69) is 5.32 Å². The van der Waals surface area contributed by atoms with Crippen LogP contribution in [0.15, 0.2) is 42.5 Å². The second-order valence-corrected chi connectivity index (χ2v) is 10.2. The van der Waals surface area contributed by atoms with Crippen LogP contribution in [0.4, 0.5) is 10.1 Å². The summed E-state index contributed by atoms with van der Waals surface area (Å²) in [4.78, 5) is 27.3. The molecule has 0 saturated heterocycles. The third kappa shape index (κ3) is 7.43. The lowest BCUT2D eigenvalue weighted by Crippen LogP contribution is -2.51. The van der Waals surface area contributed by atoms with Gasteiger partial charge in [0.15, 0.2) is 0 Å². The summed E-state index contributed by atoms with van der Waals surface area (Å²) in [5, 5.41) is 2.50. The number of aryl methyl sites for hydroxylation is 1. The van der Waals surface area contributed by atoms with Gasteiger partial charge in [0.25, 0.3) is 0 Å². The number of sulfonamides is 1. The van der Waals surface area contributed by atoms with Crippen molar-refractivity contribution in [3.63, 3.8) is 0 Å². The van der Waals surface area contributed by atoms with Gasteiger partial charge in [0.1, 0.15) is 18.4 Å². The molecule has 1 atom stereocenters. The number of rotatable bonds is 10. The monoisotopic (exact) mass is 497 g/mol. The van der Waals surface area contributed by atoms with E-state index in [1.54, 1.807) is 6.92 Å². The van der Waals surface area contributed by atoms with E-state index in [1.165, 1.54) is 11.0 Å². The minimum Gasteiger partial charge on any atom is -0.354 e. The number of carbonyl (C=O) groups excluding carboxylic acids is 2. The van der Waals surface area contributed by atoms with E-state index in [1.807, 2.05) is 38.1 Å². The van der Waals surface area contributed by atoms with Gasteiger partial charge in [-0.1, -0.05) is 48.4 Å². The molecular formula is C23H29ClFN3O4S. The zero-order chi connectivity index (χ0) is 24.8. The summed E-state index contributed by atoms with van der Waals surface area (Å²) in [6.45, 7) is 5.42. The van der Waals surface area contributed by atoms with Crippen molar-refractivity contribution in [2.24, 2.45) is 0 Å². The van der Waals surface area contributed by atoms with Crippen molar-refractivity contribution in [2.45, 2.75) is 39.8 Å². The van der Waals surface area contributed by atoms with E-state index in [-0.39, 0.29) is 23.2 Å². The van der Waals surface area contributed by atoms with Crippen molar-refractivity contribution in [2.75, 3.05) is 23.7 Å². The van der Waals surface area contributed by atoms with Gasteiger partial charge in [0, 0.05) is 13.1 Å². The lowest BCUT2D eigenvalue weighted by Gasteiger charge is -2.31. The number of halogens is 2. The molecule has 1 N–H and O–H groups in total. The Balaban J connectivity index is 2.39. The van der Waals surface area contributed by atoms with Crippen LogP contribution in [-0.4, -0.2) is 50.5 Å². The van der Waals surface area contributed by atoms with Gasteiger partial charge in [0.2, 0.25) is 21.8 Å². The summed E-state index contributed by atoms with van der Waals surface area (Å²) >= 11 is 5.82. The minimum atomic E-state index is -3.91. The second kappa shape index (κ2) is 11.5. The third-order valence-electron chi connectivity index (χ3n) is 5.02. The first-order chi connectivity index (χ1) is 15.4. The fraction of sp³-hybridized carbons (Fsp3) is 0.391. The number of nitrogens with one attached hydrogen (secondary N) is 1. The number of nitrogens with zero attached hydrogens (tertiary/aromatic N) is 2. The third-order valence-corrected chi connectivity index (χ3v) is 6.45. The van der Waals surface area contributed by atoms with Crippen molar-refractivity contribution in [1.82, 2.24) is 10.2 Å². The maximum Gasteiger partial charge on any atom is 0.244 e. The number of hydrogen-bond donors (Lipinski definition) is 1. The molecule has 7 nitrogen and oxygen atoms in total. The Labute approximate surface area is 199 Å². The maximum absolute atomic E-state index is 13.6. The topological polar surface area (TPSA) is 86.8 Å². The molecule has 2 aromatic rings. The Morgan fingerprint density at radius 3 is 2.45 bits per heavy atom. The van der Waals surface area contributed by atoms with E-state index < -0.39 is 34.3 Å². The van der Waals surface area contributed by atoms with Gasteiger partial charge in [0.05, 0.1) is 17.0 Å². The van der Waals surface area contributed by atoms with Gasteiger partial charge in [-0.2, -0.15) is 0 Å². The Bertz CT molecular complexity index is 1110. The van der Waals surface area contributed by atoms with E-state index in [0.29, 0.717) is 6.54 Å². The molecule has 2 rings (SSSR count). The summed E-state index contributed by atoms with van der Waals surface area (Å²) in [6.07, 6.45) is 1.68. The lowest BCUT2D eigenvalue weighted by molar-refractivity contribution is -0.139. The Morgan fingerprint density at radius 1 is 1.18 bits per heavy atom. The second-order valence-electron chi connectivity index (χ2n) is 7.85. The number of amides is 2. The van der Waals surface area contributed by atoms with Crippen LogP contribution in [0.3, 0.4) is 0 Å². The maximum atomic E-state index is 13.6. The molecule has 0 spiro atoms. The van der Waals surface area contributed by atoms with E-state index in [4.69, 9.17) is 11.6 Å². The van der Waals surface area contributed by atoms with Crippen LogP contribution in [0.25, 0.3) is 0 Å². The van der Waals surface area contributed by atoms with Gasteiger partial charge in [-0.05, 0) is 44.0 Å². The fourth-order valence-corrected chi connectivity index (χ4v) is 4.26. The van der Waals surface area contributed by atoms with E-state index in [9.17, 15) is 22.4 Å². The zero-order valence-corrected chi connectivity index (χ0v) is 20.7. The summed E-state index contributed by atoms with van der Waals surface area (Å²) in [6, 6.07) is 10.1. The van der Waals surface area contributed by atoms with Gasteiger partial charge >= 0.3 is 0 Å². The van der Waals surface area contributed by atoms with Crippen LogP contribution in [0.1, 0.15) is 31.4 Å². The smallest absolute Gasteiger partial charge is 0.244 e. The first kappa shape index (κ1) is 26.6. The minimum absolute atomic E-state index is 0.0517. The van der Waals surface area contributed by atoms with Crippen LogP contribution >= 0.6 is 11.6 Å². The number of anilines is 1. The summed E-state index contributed by atoms with van der Waals surface area (Å²) in [5.41, 5.74) is 1.84. The largest absolute Gasteiger partial charge is 0.354 e. The Kier molecular flexibility index (Phi) is 9.25. The van der Waals surface area contributed by atoms with Crippen molar-refractivity contribution >= 4 is 39.1 Å². The molecule has 0 aliphatic heterocycles. The van der Waals surface area contributed by atoms with Gasteiger partial charge in [-0.3, -0.25) is 13.9 Å². The van der Waals surface area contributed by atoms with Crippen molar-refractivity contribution in [1.29, 1.82) is 0 Å². The molecule has 0 heterocycles. The quantitative estimate of drug-likeness (QED) is 0.544. The standard InChI is InChI=1S/C23H29ClFN3O4S/c1-5-11-26-23(30)17(3)27(14-18-8-6-7-16(2)12-18)22(29)15-28(33(4,31)32)19-9-10-21(25)20(24)13-19/h6-10,12-13,17H,5,11,14-15H2,1-4H3,(H,26,30)/t17-/m1/s1. The zero-order valence-electron chi connectivity index (χ0n) is 19.1. The molecule has 0 fully saturated rings. The molecule has 0 saturated carbocycles. The van der Waals surface area contributed by atoms with E-state index in [0.717, 1.165) is 40.2 Å². The molecule has 2 aromatic carbocycles. The molecule has 10 heteroatoms. The van der Waals surface area contributed by atoms with Crippen LogP contribution in [0.2, 0.25) is 5.02 Å². The molecule has 0 radical (unpaired) electrons. The van der Waals surface area contributed by atoms with Crippen LogP contribution < -0.4 is 9.62 Å². The first-order valence-corrected chi connectivity index (χ1v) is 12.7. The molecule has 0 aromatic heterocycles. The number of carbonyl (C=O) groups is 2. The fourth-order valence-electron chi connectivity index (χ4n) is 3.24. The normalized spacial score (nSPS) is 12.2. The molecule has 0 unspecified atom stereocenters. The summed E-state index contributed by atoms with van der Waals surface area (Å²) in [5.74, 6) is -1.63. The van der Waals surface area contributed by atoms with Gasteiger partial charge in [-0.25, -0.2) is 12.8 Å². The molecule has 33 heavy (non-hydrogen) atoms. The van der Waals surface area contributed by atoms with Gasteiger partial charge in [-0.15, -0.1) is 0 Å². The van der Waals surface area contributed by atoms with Crippen molar-refractivity contribution in [3.05, 3.63) is 64.4 Å². The predicted octanol–water partition coefficient (Wildman–Crippen LogP) is 3.50. The molecule has 2 amide bonds. The average Bonchev–Trinajstić information content (AvgIpc) is 2.74. The number of hydrogen-bond acceptors (Lipinski definition) is 4. The summed E-state index contributed by atoms with van der Waals surface area (Å²) in [7, 11) is -3.91. The van der Waals surface area contributed by atoms with Crippen LogP contribution in [0, 0.1) is 12.7 Å². The van der Waals surface area contributed by atoms with Gasteiger partial charge < -0.3 is 10.2 Å². The number of benzene rings is 2. The summed E-state index contributed by atoms with van der Waals surface area (Å²) < 4.78 is 39.4. The predicted molar refractivity (Wildman–Crippen MR) is 128 cm³/mol. The molecular weight excluding hydrogens is 469 g/mol. The molecule has 180 valence electrons. The highest BCUT2D eigenvalue weighted by molar-refractivity contribution is 7.92. The molecule has 0 bridgehead atoms. The van der Waals surface area contributed by atoms with Crippen molar-refractivity contribution in [3.8, 4) is 0 Å². The van der Waals surface area contributed by atoms with Crippen molar-refractivity contribution < 1.29 is 22.4 Å². The highest BCUT2D eigenvalue weighted by Crippen LogP contribution is 2.25. The lowest BCUT2D eigenvalue weighted by atomic mass is 10.1. The van der Waals surface area contributed by atoms with Crippen LogP contribution in [-0.2, 0) is 26.2 Å².